The molecule has 5 heteroatoms. The summed E-state index contributed by atoms with van der Waals surface area (Å²) >= 11 is 0. The van der Waals surface area contributed by atoms with Crippen molar-refractivity contribution >= 4 is 35.6 Å². The molecule has 1 aromatic carbocycles. The van der Waals surface area contributed by atoms with Gasteiger partial charge in [-0.15, -0.1) is 24.0 Å². The molecule has 1 saturated heterocycles. The van der Waals surface area contributed by atoms with Gasteiger partial charge in [-0.3, -0.25) is 4.99 Å². The Morgan fingerprint density at radius 3 is 2.90 bits per heavy atom. The third-order valence-electron chi connectivity index (χ3n) is 4.11. The molecule has 0 spiro atoms. The third kappa shape index (κ3) is 4.57. The van der Waals surface area contributed by atoms with Gasteiger partial charge in [-0.2, -0.15) is 0 Å². The van der Waals surface area contributed by atoms with Gasteiger partial charge >= 0.3 is 0 Å². The first kappa shape index (κ1) is 16.5. The van der Waals surface area contributed by atoms with Crippen LogP contribution in [-0.4, -0.2) is 25.2 Å². The highest BCUT2D eigenvalue weighted by atomic mass is 127. The normalized spacial score (nSPS) is 21.5. The largest absolute Gasteiger partial charge is 0.376 e. The van der Waals surface area contributed by atoms with E-state index in [1.165, 1.54) is 43.2 Å². The molecule has 116 valence electrons. The van der Waals surface area contributed by atoms with E-state index in [0.29, 0.717) is 12.5 Å². The van der Waals surface area contributed by atoms with E-state index in [4.69, 9.17) is 10.5 Å². The van der Waals surface area contributed by atoms with Crippen LogP contribution in [0.3, 0.4) is 0 Å². The molecule has 21 heavy (non-hydrogen) atoms. The summed E-state index contributed by atoms with van der Waals surface area (Å²) in [5.41, 5.74) is 9.91. The Kier molecular flexibility index (Phi) is 6.29. The van der Waals surface area contributed by atoms with Gasteiger partial charge in [0.1, 0.15) is 0 Å². The van der Waals surface area contributed by atoms with Crippen LogP contribution in [-0.2, 0) is 17.6 Å². The van der Waals surface area contributed by atoms with Crippen LogP contribution in [0.4, 0.5) is 5.69 Å². The number of ether oxygens (including phenoxy) is 1. The lowest BCUT2D eigenvalue weighted by Gasteiger charge is -2.20. The maximum Gasteiger partial charge on any atom is 0.193 e. The fourth-order valence-electron chi connectivity index (χ4n) is 2.99. The Labute approximate surface area is 143 Å². The molecule has 0 bridgehead atoms. The van der Waals surface area contributed by atoms with Gasteiger partial charge in [-0.05, 0) is 61.8 Å². The minimum atomic E-state index is 0. The summed E-state index contributed by atoms with van der Waals surface area (Å²) in [6.07, 6.45) is 7.39. The molecule has 1 heterocycles. The first-order chi connectivity index (χ1) is 9.81. The maximum absolute atomic E-state index is 5.95. The van der Waals surface area contributed by atoms with Crippen LogP contribution in [0.1, 0.15) is 36.8 Å². The number of rotatable bonds is 3. The van der Waals surface area contributed by atoms with Crippen molar-refractivity contribution in [1.29, 1.82) is 0 Å². The third-order valence-corrected chi connectivity index (χ3v) is 4.11. The second-order valence-corrected chi connectivity index (χ2v) is 5.68. The van der Waals surface area contributed by atoms with Crippen LogP contribution >= 0.6 is 24.0 Å². The number of nitrogens with zero attached hydrogens (tertiary/aromatic N) is 1. The predicted molar refractivity (Wildman–Crippen MR) is 97.6 cm³/mol. The van der Waals surface area contributed by atoms with Crippen LogP contribution in [0.15, 0.2) is 23.2 Å². The summed E-state index contributed by atoms with van der Waals surface area (Å²) in [7, 11) is 0. The summed E-state index contributed by atoms with van der Waals surface area (Å²) < 4.78 is 5.65. The molecule has 0 radical (unpaired) electrons. The lowest BCUT2D eigenvalue weighted by Crippen LogP contribution is -2.27. The van der Waals surface area contributed by atoms with Crippen LogP contribution in [0.2, 0.25) is 0 Å². The van der Waals surface area contributed by atoms with E-state index in [-0.39, 0.29) is 30.1 Å². The standard InChI is InChI=1S/C16H23N3O.HI/c17-16(18-11-15-6-1-2-9-20-15)19-14-8-7-12-4-3-5-13(12)10-14;/h7-8,10,15H,1-6,9,11H2,(H3,17,18,19);1H. The Morgan fingerprint density at radius 1 is 1.24 bits per heavy atom. The summed E-state index contributed by atoms with van der Waals surface area (Å²) in [6, 6.07) is 6.48. The smallest absolute Gasteiger partial charge is 0.193 e. The minimum absolute atomic E-state index is 0. The van der Waals surface area contributed by atoms with Gasteiger partial charge in [-0.1, -0.05) is 6.07 Å². The van der Waals surface area contributed by atoms with E-state index >= 15 is 0 Å². The fraction of sp³-hybridized carbons (Fsp3) is 0.562. The number of guanidine groups is 1. The van der Waals surface area contributed by atoms with E-state index < -0.39 is 0 Å². The van der Waals surface area contributed by atoms with E-state index in [9.17, 15) is 0 Å². The zero-order valence-electron chi connectivity index (χ0n) is 12.3. The molecule has 1 unspecified atom stereocenters. The van der Waals surface area contributed by atoms with Crippen molar-refractivity contribution in [2.24, 2.45) is 10.7 Å². The van der Waals surface area contributed by atoms with E-state index in [0.717, 1.165) is 18.7 Å². The quantitative estimate of drug-likeness (QED) is 0.465. The van der Waals surface area contributed by atoms with Crippen molar-refractivity contribution < 1.29 is 4.74 Å². The minimum Gasteiger partial charge on any atom is -0.376 e. The summed E-state index contributed by atoms with van der Waals surface area (Å²) in [5, 5.41) is 3.18. The zero-order chi connectivity index (χ0) is 13.8. The number of anilines is 1. The van der Waals surface area contributed by atoms with Gasteiger partial charge in [0.2, 0.25) is 0 Å². The Hall–Kier alpha value is -0.820. The molecule has 4 nitrogen and oxygen atoms in total. The van der Waals surface area contributed by atoms with Gasteiger partial charge in [0.15, 0.2) is 5.96 Å². The van der Waals surface area contributed by atoms with Gasteiger partial charge in [0.25, 0.3) is 0 Å². The number of aryl methyl sites for hydroxylation is 2. The Bertz CT molecular complexity index is 498. The van der Waals surface area contributed by atoms with Gasteiger partial charge in [-0.25, -0.2) is 0 Å². The summed E-state index contributed by atoms with van der Waals surface area (Å²) in [5.74, 6) is 0.483. The van der Waals surface area contributed by atoms with Crippen molar-refractivity contribution in [2.75, 3.05) is 18.5 Å². The van der Waals surface area contributed by atoms with Crippen molar-refractivity contribution in [1.82, 2.24) is 0 Å². The number of nitrogens with two attached hydrogens (primary N) is 1. The second-order valence-electron chi connectivity index (χ2n) is 5.68. The fourth-order valence-corrected chi connectivity index (χ4v) is 2.99. The summed E-state index contributed by atoms with van der Waals surface area (Å²) in [6.45, 7) is 1.52. The molecule has 1 aromatic rings. The van der Waals surface area contributed by atoms with Crippen LogP contribution in [0.5, 0.6) is 0 Å². The maximum atomic E-state index is 5.95. The highest BCUT2D eigenvalue weighted by Crippen LogP contribution is 2.24. The van der Waals surface area contributed by atoms with E-state index in [1.807, 2.05) is 0 Å². The monoisotopic (exact) mass is 401 g/mol. The molecule has 1 fully saturated rings. The first-order valence-corrected chi connectivity index (χ1v) is 7.61. The van der Waals surface area contributed by atoms with E-state index in [2.05, 4.69) is 28.5 Å². The van der Waals surface area contributed by atoms with Crippen molar-refractivity contribution in [3.63, 3.8) is 0 Å². The van der Waals surface area contributed by atoms with Crippen LogP contribution in [0.25, 0.3) is 0 Å². The topological polar surface area (TPSA) is 59.6 Å². The highest BCUT2D eigenvalue weighted by Gasteiger charge is 2.13. The summed E-state index contributed by atoms with van der Waals surface area (Å²) in [4.78, 5) is 4.39. The molecular formula is C16H24IN3O. The molecule has 0 aromatic heterocycles. The number of fused-ring (bicyclic) bond motifs is 1. The van der Waals surface area contributed by atoms with Crippen molar-refractivity contribution in [3.8, 4) is 0 Å². The number of hydrogen-bond acceptors (Lipinski definition) is 2. The average Bonchev–Trinajstić information content (AvgIpc) is 2.94. The number of benzene rings is 1. The lowest BCUT2D eigenvalue weighted by molar-refractivity contribution is 0.0225. The molecule has 1 aliphatic carbocycles. The Balaban J connectivity index is 0.00000161. The van der Waals surface area contributed by atoms with Crippen molar-refractivity contribution in [3.05, 3.63) is 29.3 Å². The van der Waals surface area contributed by atoms with Gasteiger partial charge in [0, 0.05) is 12.3 Å². The number of hydrogen-bond donors (Lipinski definition) is 2. The molecule has 3 rings (SSSR count). The second kappa shape index (κ2) is 7.98. The number of halogens is 1. The van der Waals surface area contributed by atoms with Gasteiger partial charge < -0.3 is 15.8 Å². The highest BCUT2D eigenvalue weighted by molar-refractivity contribution is 14.0. The molecule has 1 aliphatic heterocycles. The van der Waals surface area contributed by atoms with Crippen molar-refractivity contribution in [2.45, 2.75) is 44.6 Å². The molecule has 0 amide bonds. The molecule has 0 saturated carbocycles. The predicted octanol–water partition coefficient (Wildman–Crippen LogP) is 3.09. The zero-order valence-corrected chi connectivity index (χ0v) is 14.6. The molecular weight excluding hydrogens is 377 g/mol. The molecule has 1 atom stereocenters. The average molecular weight is 401 g/mol. The number of aliphatic imine (C=N–C) groups is 1. The SMILES string of the molecule is I.NC(=NCC1CCCCO1)Nc1ccc2c(c1)CCC2. The number of nitrogens with one attached hydrogen (secondary N) is 1. The van der Waals surface area contributed by atoms with Gasteiger partial charge in [0.05, 0.1) is 12.6 Å². The molecule has 2 aliphatic rings. The lowest BCUT2D eigenvalue weighted by atomic mass is 10.1. The van der Waals surface area contributed by atoms with Crippen LogP contribution < -0.4 is 11.1 Å². The molecule has 3 N–H and O–H groups in total. The van der Waals surface area contributed by atoms with E-state index in [1.54, 1.807) is 0 Å². The Morgan fingerprint density at radius 2 is 2.10 bits per heavy atom. The first-order valence-electron chi connectivity index (χ1n) is 7.61. The van der Waals surface area contributed by atoms with Crippen LogP contribution in [0, 0.1) is 0 Å².